The molecule has 2 unspecified atom stereocenters. The van der Waals surface area contributed by atoms with Crippen molar-refractivity contribution >= 4 is 0 Å². The van der Waals surface area contributed by atoms with Crippen molar-refractivity contribution < 1.29 is 0 Å². The molecule has 2 saturated carbocycles. The SMILES string of the molecule is C=C1CCC2C(=C)CCC12. The predicted molar refractivity (Wildman–Crippen MR) is 43.7 cm³/mol. The summed E-state index contributed by atoms with van der Waals surface area (Å²) < 4.78 is 0. The number of hydrogen-bond acceptors (Lipinski definition) is 0. The fourth-order valence-corrected chi connectivity index (χ4v) is 2.43. The molecule has 2 aliphatic carbocycles. The van der Waals surface area contributed by atoms with Crippen molar-refractivity contribution in [3.63, 3.8) is 0 Å². The third-order valence-electron chi connectivity index (χ3n) is 3.09. The third-order valence-corrected chi connectivity index (χ3v) is 3.09. The maximum Gasteiger partial charge on any atom is -0.0137 e. The van der Waals surface area contributed by atoms with Gasteiger partial charge in [0.1, 0.15) is 0 Å². The van der Waals surface area contributed by atoms with E-state index < -0.39 is 0 Å². The van der Waals surface area contributed by atoms with Gasteiger partial charge in [-0.3, -0.25) is 0 Å². The molecule has 0 N–H and O–H groups in total. The Bertz CT molecular complexity index is 166. The second-order valence-electron chi connectivity index (χ2n) is 3.61. The van der Waals surface area contributed by atoms with Crippen molar-refractivity contribution in [1.29, 1.82) is 0 Å². The van der Waals surface area contributed by atoms with Gasteiger partial charge in [0.25, 0.3) is 0 Å². The van der Waals surface area contributed by atoms with Gasteiger partial charge in [0.15, 0.2) is 0 Å². The second kappa shape index (κ2) is 1.98. The molecule has 0 heterocycles. The van der Waals surface area contributed by atoms with Gasteiger partial charge in [-0.25, -0.2) is 0 Å². The van der Waals surface area contributed by atoms with Crippen LogP contribution in [0, 0.1) is 11.8 Å². The van der Waals surface area contributed by atoms with E-state index in [1.165, 1.54) is 36.8 Å². The summed E-state index contributed by atoms with van der Waals surface area (Å²) in [5.74, 6) is 1.65. The quantitative estimate of drug-likeness (QED) is 0.447. The molecule has 0 aromatic rings. The number of fused-ring (bicyclic) bond motifs is 1. The lowest BCUT2D eigenvalue weighted by Crippen LogP contribution is -1.99. The number of hydrogen-bond donors (Lipinski definition) is 0. The summed E-state index contributed by atoms with van der Waals surface area (Å²) in [5.41, 5.74) is 2.98. The smallest absolute Gasteiger partial charge is 0.0137 e. The fourth-order valence-electron chi connectivity index (χ4n) is 2.43. The molecule has 2 rings (SSSR count). The molecule has 2 atom stereocenters. The van der Waals surface area contributed by atoms with E-state index in [1.54, 1.807) is 0 Å². The average molecular weight is 134 g/mol. The van der Waals surface area contributed by atoms with Gasteiger partial charge in [-0.15, -0.1) is 0 Å². The zero-order chi connectivity index (χ0) is 7.14. The van der Waals surface area contributed by atoms with E-state index in [4.69, 9.17) is 0 Å². The van der Waals surface area contributed by atoms with Crippen LogP contribution in [-0.2, 0) is 0 Å². The Morgan fingerprint density at radius 3 is 1.70 bits per heavy atom. The minimum absolute atomic E-state index is 0.826. The van der Waals surface area contributed by atoms with Crippen LogP contribution in [0.1, 0.15) is 25.7 Å². The van der Waals surface area contributed by atoms with Crippen LogP contribution in [0.3, 0.4) is 0 Å². The lowest BCUT2D eigenvalue weighted by molar-refractivity contribution is 0.545. The maximum atomic E-state index is 4.09. The van der Waals surface area contributed by atoms with Gasteiger partial charge >= 0.3 is 0 Å². The second-order valence-corrected chi connectivity index (χ2v) is 3.61. The largest absolute Gasteiger partial charge is 0.0996 e. The van der Waals surface area contributed by atoms with Gasteiger partial charge in [-0.2, -0.15) is 0 Å². The van der Waals surface area contributed by atoms with E-state index in [0.717, 1.165) is 11.8 Å². The summed E-state index contributed by atoms with van der Waals surface area (Å²) >= 11 is 0. The first kappa shape index (κ1) is 6.21. The van der Waals surface area contributed by atoms with Crippen molar-refractivity contribution in [2.24, 2.45) is 11.8 Å². The Balaban J connectivity index is 2.24. The Morgan fingerprint density at radius 1 is 0.900 bits per heavy atom. The highest BCUT2D eigenvalue weighted by Crippen LogP contribution is 2.48. The molecule has 0 aromatic carbocycles. The Morgan fingerprint density at radius 2 is 1.30 bits per heavy atom. The molecule has 0 nitrogen and oxygen atoms in total. The molecule has 0 aromatic heterocycles. The van der Waals surface area contributed by atoms with Gasteiger partial charge in [0.2, 0.25) is 0 Å². The topological polar surface area (TPSA) is 0 Å². The minimum Gasteiger partial charge on any atom is -0.0996 e. The fraction of sp³-hybridized carbons (Fsp3) is 0.600. The molecular formula is C10H14. The van der Waals surface area contributed by atoms with Crippen LogP contribution in [0.4, 0.5) is 0 Å². The highest BCUT2D eigenvalue weighted by molar-refractivity contribution is 5.22. The summed E-state index contributed by atoms with van der Waals surface area (Å²) in [6, 6.07) is 0. The predicted octanol–water partition coefficient (Wildman–Crippen LogP) is 2.92. The molecule has 0 spiro atoms. The minimum atomic E-state index is 0.826. The summed E-state index contributed by atoms with van der Waals surface area (Å²) in [6.07, 6.45) is 5.19. The molecule has 0 heteroatoms. The van der Waals surface area contributed by atoms with Gasteiger partial charge in [0.05, 0.1) is 0 Å². The zero-order valence-electron chi connectivity index (χ0n) is 6.40. The Kier molecular flexibility index (Phi) is 1.23. The monoisotopic (exact) mass is 134 g/mol. The lowest BCUT2D eigenvalue weighted by atomic mass is 9.96. The summed E-state index contributed by atoms with van der Waals surface area (Å²) in [7, 11) is 0. The van der Waals surface area contributed by atoms with Crippen LogP contribution in [0.25, 0.3) is 0 Å². The van der Waals surface area contributed by atoms with Crippen molar-refractivity contribution in [2.75, 3.05) is 0 Å². The first-order chi connectivity index (χ1) is 4.79. The maximum absolute atomic E-state index is 4.09. The summed E-state index contributed by atoms with van der Waals surface area (Å²) in [4.78, 5) is 0. The number of rotatable bonds is 0. The lowest BCUT2D eigenvalue weighted by Gasteiger charge is -2.08. The Hall–Kier alpha value is -0.520. The first-order valence-corrected chi connectivity index (χ1v) is 4.14. The van der Waals surface area contributed by atoms with E-state index >= 15 is 0 Å². The Labute approximate surface area is 62.6 Å². The van der Waals surface area contributed by atoms with E-state index in [9.17, 15) is 0 Å². The molecule has 0 saturated heterocycles. The molecule has 0 bridgehead atoms. The van der Waals surface area contributed by atoms with E-state index in [2.05, 4.69) is 13.2 Å². The van der Waals surface area contributed by atoms with Crippen molar-refractivity contribution in [3.05, 3.63) is 24.3 Å². The highest BCUT2D eigenvalue weighted by Gasteiger charge is 2.36. The molecular weight excluding hydrogens is 120 g/mol. The van der Waals surface area contributed by atoms with Crippen molar-refractivity contribution in [2.45, 2.75) is 25.7 Å². The molecule has 54 valence electrons. The van der Waals surface area contributed by atoms with Crippen LogP contribution in [0.2, 0.25) is 0 Å². The molecule has 0 amide bonds. The summed E-state index contributed by atoms with van der Waals surface area (Å²) in [6.45, 7) is 8.18. The van der Waals surface area contributed by atoms with Crippen LogP contribution >= 0.6 is 0 Å². The third kappa shape index (κ3) is 0.681. The highest BCUT2D eigenvalue weighted by atomic mass is 14.4. The molecule has 0 radical (unpaired) electrons. The molecule has 10 heavy (non-hydrogen) atoms. The van der Waals surface area contributed by atoms with Crippen LogP contribution < -0.4 is 0 Å². The van der Waals surface area contributed by atoms with E-state index in [0.29, 0.717) is 0 Å². The standard InChI is InChI=1S/C10H14/c1-7-3-5-10-8(2)4-6-9(7)10/h9-10H,1-6H2. The van der Waals surface area contributed by atoms with Crippen molar-refractivity contribution in [1.82, 2.24) is 0 Å². The van der Waals surface area contributed by atoms with Crippen molar-refractivity contribution in [3.8, 4) is 0 Å². The molecule has 0 aliphatic heterocycles. The summed E-state index contributed by atoms with van der Waals surface area (Å²) in [5, 5.41) is 0. The zero-order valence-corrected chi connectivity index (χ0v) is 6.40. The van der Waals surface area contributed by atoms with Crippen LogP contribution in [0.15, 0.2) is 24.3 Å². The van der Waals surface area contributed by atoms with Crippen LogP contribution in [-0.4, -0.2) is 0 Å². The average Bonchev–Trinajstić information content (AvgIpc) is 2.41. The van der Waals surface area contributed by atoms with E-state index in [1.807, 2.05) is 0 Å². The van der Waals surface area contributed by atoms with Gasteiger partial charge < -0.3 is 0 Å². The normalized spacial score (nSPS) is 38.8. The van der Waals surface area contributed by atoms with Crippen LogP contribution in [0.5, 0.6) is 0 Å². The molecule has 2 aliphatic rings. The van der Waals surface area contributed by atoms with Gasteiger partial charge in [0, 0.05) is 0 Å². The first-order valence-electron chi connectivity index (χ1n) is 4.14. The molecule has 2 fully saturated rings. The van der Waals surface area contributed by atoms with Gasteiger partial charge in [-0.1, -0.05) is 24.3 Å². The number of allylic oxidation sites excluding steroid dienone is 2. The van der Waals surface area contributed by atoms with Gasteiger partial charge in [-0.05, 0) is 37.5 Å². The van der Waals surface area contributed by atoms with E-state index in [-0.39, 0.29) is 0 Å².